The highest BCUT2D eigenvalue weighted by atomic mass is 16.5. The van der Waals surface area contributed by atoms with Gasteiger partial charge in [-0.15, -0.1) is 0 Å². The number of nitrogen functional groups attached to an aromatic ring is 1. The van der Waals surface area contributed by atoms with Crippen LogP contribution in [-0.4, -0.2) is 42.0 Å². The van der Waals surface area contributed by atoms with E-state index in [1.54, 1.807) is 6.07 Å². The highest BCUT2D eigenvalue weighted by Gasteiger charge is 2.13. The van der Waals surface area contributed by atoms with Gasteiger partial charge in [-0.05, 0) is 52.1 Å². The van der Waals surface area contributed by atoms with Gasteiger partial charge in [-0.25, -0.2) is 0 Å². The van der Waals surface area contributed by atoms with Crippen LogP contribution in [0.25, 0.3) is 17.2 Å². The van der Waals surface area contributed by atoms with Crippen LogP contribution in [0.3, 0.4) is 0 Å². The first-order chi connectivity index (χ1) is 16.0. The van der Waals surface area contributed by atoms with Crippen LogP contribution in [0.2, 0.25) is 0 Å². The number of rotatable bonds is 7. The Morgan fingerprint density at radius 1 is 0.970 bits per heavy atom. The predicted molar refractivity (Wildman–Crippen MR) is 134 cm³/mol. The number of aliphatic hydroxyl groups is 1. The van der Waals surface area contributed by atoms with E-state index in [0.29, 0.717) is 16.9 Å². The van der Waals surface area contributed by atoms with Crippen molar-refractivity contribution in [3.8, 4) is 11.1 Å². The zero-order valence-electron chi connectivity index (χ0n) is 18.6. The second-order valence-electron chi connectivity index (χ2n) is 8.27. The van der Waals surface area contributed by atoms with E-state index in [9.17, 15) is 5.11 Å². The molecular weight excluding hydrogens is 412 g/mol. The van der Waals surface area contributed by atoms with Gasteiger partial charge < -0.3 is 21.3 Å². The average Bonchev–Trinajstić information content (AvgIpc) is 2.85. The van der Waals surface area contributed by atoms with Crippen molar-refractivity contribution in [3.63, 3.8) is 0 Å². The first-order valence-electron chi connectivity index (χ1n) is 11.1. The van der Waals surface area contributed by atoms with Crippen LogP contribution < -0.4 is 11.5 Å². The minimum absolute atomic E-state index is 0.0220. The first-order valence-corrected chi connectivity index (χ1v) is 11.1. The molecule has 0 aliphatic carbocycles. The first kappa shape index (κ1) is 22.7. The Morgan fingerprint density at radius 2 is 1.70 bits per heavy atom. The van der Waals surface area contributed by atoms with Gasteiger partial charge in [0.05, 0.1) is 31.2 Å². The van der Waals surface area contributed by atoms with Crippen molar-refractivity contribution < 1.29 is 9.84 Å². The van der Waals surface area contributed by atoms with E-state index in [2.05, 4.69) is 17.0 Å². The topological polar surface area (TPSA) is 109 Å². The van der Waals surface area contributed by atoms with E-state index in [0.717, 1.165) is 55.1 Å². The average molecular weight is 443 g/mol. The molecule has 3 aromatic rings. The fourth-order valence-electron chi connectivity index (χ4n) is 4.01. The minimum atomic E-state index is -0.0220. The third kappa shape index (κ3) is 5.68. The Bertz CT molecular complexity index is 1170. The van der Waals surface area contributed by atoms with Gasteiger partial charge in [0, 0.05) is 30.9 Å². The van der Waals surface area contributed by atoms with Gasteiger partial charge in [0.15, 0.2) is 0 Å². The fraction of sp³-hybridized carbons (Fsp3) is 0.222. The van der Waals surface area contributed by atoms with Gasteiger partial charge in [-0.3, -0.25) is 10.3 Å². The molecule has 1 aliphatic heterocycles. The van der Waals surface area contributed by atoms with E-state index in [1.807, 2.05) is 54.6 Å². The number of anilines is 1. The summed E-state index contributed by atoms with van der Waals surface area (Å²) in [6, 6.07) is 21.5. The summed E-state index contributed by atoms with van der Waals surface area (Å²) < 4.78 is 5.43. The number of hydrogen-bond donors (Lipinski definition) is 4. The van der Waals surface area contributed by atoms with E-state index in [-0.39, 0.29) is 12.3 Å². The quantitative estimate of drug-likeness (QED) is 0.330. The maximum atomic E-state index is 9.43. The molecule has 6 nitrogen and oxygen atoms in total. The molecule has 0 amide bonds. The van der Waals surface area contributed by atoms with E-state index in [4.69, 9.17) is 21.6 Å². The molecular formula is C27H30N4O2. The Labute approximate surface area is 194 Å². The van der Waals surface area contributed by atoms with Crippen molar-refractivity contribution >= 4 is 17.5 Å². The molecule has 170 valence electrons. The van der Waals surface area contributed by atoms with Crippen LogP contribution in [0.1, 0.15) is 22.3 Å². The molecule has 0 saturated carbocycles. The van der Waals surface area contributed by atoms with E-state index in [1.165, 1.54) is 5.56 Å². The molecule has 1 heterocycles. The molecule has 1 saturated heterocycles. The Balaban J connectivity index is 1.55. The summed E-state index contributed by atoms with van der Waals surface area (Å²) in [5, 5.41) is 18.1. The number of aliphatic hydroxyl groups excluding tert-OH is 1. The number of morpholine rings is 1. The normalized spacial score (nSPS) is 14.9. The Kier molecular flexibility index (Phi) is 7.19. The monoisotopic (exact) mass is 442 g/mol. The SMILES string of the molecule is N=C(/C(N)=C/c1cccc(CN2CCOCC2)c1)c1cc(-c2cccc(CO)c2)ccc1N. The molecule has 0 bridgehead atoms. The van der Waals surface area contributed by atoms with Gasteiger partial charge in [0.1, 0.15) is 0 Å². The van der Waals surface area contributed by atoms with E-state index < -0.39 is 0 Å². The van der Waals surface area contributed by atoms with Crippen LogP contribution >= 0.6 is 0 Å². The number of benzene rings is 3. The number of allylic oxidation sites excluding steroid dienone is 1. The molecule has 0 atom stereocenters. The maximum absolute atomic E-state index is 9.43. The minimum Gasteiger partial charge on any atom is -0.398 e. The van der Waals surface area contributed by atoms with Crippen LogP contribution in [0, 0.1) is 5.41 Å². The molecule has 1 aliphatic rings. The molecule has 33 heavy (non-hydrogen) atoms. The smallest absolute Gasteiger partial charge is 0.0862 e. The highest BCUT2D eigenvalue weighted by Crippen LogP contribution is 2.26. The van der Waals surface area contributed by atoms with Crippen molar-refractivity contribution in [2.24, 2.45) is 5.73 Å². The molecule has 4 rings (SSSR count). The number of ether oxygens (including phenoxy) is 1. The number of hydrogen-bond acceptors (Lipinski definition) is 6. The zero-order chi connectivity index (χ0) is 23.2. The zero-order valence-corrected chi connectivity index (χ0v) is 18.6. The molecule has 6 N–H and O–H groups in total. The highest BCUT2D eigenvalue weighted by molar-refractivity contribution is 6.15. The van der Waals surface area contributed by atoms with Gasteiger partial charge >= 0.3 is 0 Å². The molecule has 6 heteroatoms. The summed E-state index contributed by atoms with van der Waals surface area (Å²) in [7, 11) is 0. The van der Waals surface area contributed by atoms with Crippen LogP contribution in [0.4, 0.5) is 5.69 Å². The maximum Gasteiger partial charge on any atom is 0.0862 e. The van der Waals surface area contributed by atoms with Gasteiger partial charge in [0.2, 0.25) is 0 Å². The van der Waals surface area contributed by atoms with Crippen molar-refractivity contribution in [1.82, 2.24) is 4.90 Å². The lowest BCUT2D eigenvalue weighted by Gasteiger charge is -2.26. The molecule has 3 aromatic carbocycles. The van der Waals surface area contributed by atoms with Crippen molar-refractivity contribution in [2.75, 3.05) is 32.0 Å². The lowest BCUT2D eigenvalue weighted by Crippen LogP contribution is -2.35. The second kappa shape index (κ2) is 10.4. The van der Waals surface area contributed by atoms with Gasteiger partial charge in [-0.2, -0.15) is 0 Å². The molecule has 0 unspecified atom stereocenters. The summed E-state index contributed by atoms with van der Waals surface area (Å²) in [4.78, 5) is 2.37. The van der Waals surface area contributed by atoms with Crippen molar-refractivity contribution in [1.29, 1.82) is 5.41 Å². The third-order valence-corrected chi connectivity index (χ3v) is 5.84. The number of nitrogens with one attached hydrogen (secondary N) is 1. The standard InChI is InChI=1S/C27H30N4O2/c28-25-8-7-23(22-6-2-5-21(14-22)18-32)16-24(25)27(30)26(29)15-19-3-1-4-20(13-19)17-31-9-11-33-12-10-31/h1-8,13-16,30,32H,9-12,17-18,28-29H2/b26-15-,30-27?. The third-order valence-electron chi connectivity index (χ3n) is 5.84. The fourth-order valence-corrected chi connectivity index (χ4v) is 4.01. The Morgan fingerprint density at radius 3 is 2.48 bits per heavy atom. The molecule has 0 aromatic heterocycles. The molecule has 0 spiro atoms. The largest absolute Gasteiger partial charge is 0.398 e. The van der Waals surface area contributed by atoms with Crippen LogP contribution in [0.15, 0.2) is 72.4 Å². The number of nitrogens with two attached hydrogens (primary N) is 2. The molecule has 0 radical (unpaired) electrons. The number of nitrogens with zero attached hydrogens (tertiary/aromatic N) is 1. The van der Waals surface area contributed by atoms with Crippen LogP contribution in [-0.2, 0) is 17.9 Å². The lowest BCUT2D eigenvalue weighted by atomic mass is 9.97. The molecule has 1 fully saturated rings. The summed E-state index contributed by atoms with van der Waals surface area (Å²) >= 11 is 0. The van der Waals surface area contributed by atoms with Crippen molar-refractivity contribution in [2.45, 2.75) is 13.2 Å². The summed E-state index contributed by atoms with van der Waals surface area (Å²) in [6.07, 6.45) is 1.82. The second-order valence-corrected chi connectivity index (χ2v) is 8.27. The lowest BCUT2D eigenvalue weighted by molar-refractivity contribution is 0.0342. The summed E-state index contributed by atoms with van der Waals surface area (Å²) in [5.74, 6) is 0. The Hall–Kier alpha value is -3.45. The summed E-state index contributed by atoms with van der Waals surface area (Å²) in [5.41, 5.74) is 19.0. The van der Waals surface area contributed by atoms with Gasteiger partial charge in [0.25, 0.3) is 0 Å². The van der Waals surface area contributed by atoms with E-state index >= 15 is 0 Å². The van der Waals surface area contributed by atoms with Crippen molar-refractivity contribution in [3.05, 3.63) is 94.7 Å². The van der Waals surface area contributed by atoms with Crippen LogP contribution in [0.5, 0.6) is 0 Å². The van der Waals surface area contributed by atoms with Gasteiger partial charge in [-0.1, -0.05) is 48.5 Å². The summed E-state index contributed by atoms with van der Waals surface area (Å²) in [6.45, 7) is 4.26. The predicted octanol–water partition coefficient (Wildman–Crippen LogP) is 3.63.